The van der Waals surface area contributed by atoms with Gasteiger partial charge in [0.15, 0.2) is 0 Å². The first-order valence-electron chi connectivity index (χ1n) is 7.17. The van der Waals surface area contributed by atoms with E-state index < -0.39 is 41.3 Å². The highest BCUT2D eigenvalue weighted by Crippen LogP contribution is 2.46. The summed E-state index contributed by atoms with van der Waals surface area (Å²) in [7, 11) is 0. The molecule has 3 N–H and O–H groups in total. The predicted octanol–water partition coefficient (Wildman–Crippen LogP) is 0.492. The summed E-state index contributed by atoms with van der Waals surface area (Å²) in [6.07, 6.45) is 2.73. The minimum atomic E-state index is -1.10. The van der Waals surface area contributed by atoms with Crippen molar-refractivity contribution in [3.63, 3.8) is 0 Å². The fourth-order valence-corrected chi connectivity index (χ4v) is 3.14. The highest BCUT2D eigenvalue weighted by atomic mass is 16.5. The Labute approximate surface area is 132 Å². The molecule has 0 spiro atoms. The van der Waals surface area contributed by atoms with Gasteiger partial charge in [-0.25, -0.2) is 0 Å². The van der Waals surface area contributed by atoms with E-state index in [9.17, 15) is 19.5 Å². The zero-order valence-corrected chi connectivity index (χ0v) is 12.4. The van der Waals surface area contributed by atoms with Crippen molar-refractivity contribution in [1.29, 1.82) is 0 Å². The van der Waals surface area contributed by atoms with E-state index in [1.54, 1.807) is 49.4 Å². The molecule has 2 bridgehead atoms. The largest absolute Gasteiger partial charge is 0.481 e. The number of hydrogen-bond acceptors (Lipinski definition) is 4. The van der Waals surface area contributed by atoms with Crippen LogP contribution in [0.1, 0.15) is 17.3 Å². The quantitative estimate of drug-likeness (QED) is 0.556. The molecule has 1 saturated heterocycles. The third-order valence-corrected chi connectivity index (χ3v) is 4.24. The van der Waals surface area contributed by atoms with Gasteiger partial charge in [0.1, 0.15) is 5.92 Å². The van der Waals surface area contributed by atoms with Crippen molar-refractivity contribution < 1.29 is 24.2 Å². The van der Waals surface area contributed by atoms with Crippen molar-refractivity contribution in [3.05, 3.63) is 48.0 Å². The molecule has 0 aliphatic carbocycles. The Hall–Kier alpha value is -2.67. The van der Waals surface area contributed by atoms with Gasteiger partial charge in [-0.2, -0.15) is 0 Å². The van der Waals surface area contributed by atoms with Crippen molar-refractivity contribution in [1.82, 2.24) is 10.9 Å². The number of nitrogens with one attached hydrogen (secondary N) is 2. The summed E-state index contributed by atoms with van der Waals surface area (Å²) in [5, 5.41) is 9.34. The van der Waals surface area contributed by atoms with Gasteiger partial charge in [-0.3, -0.25) is 25.2 Å². The van der Waals surface area contributed by atoms with Crippen LogP contribution in [0.15, 0.2) is 42.5 Å². The van der Waals surface area contributed by atoms with Crippen molar-refractivity contribution in [2.75, 3.05) is 0 Å². The lowest BCUT2D eigenvalue weighted by Crippen LogP contribution is -2.52. The monoisotopic (exact) mass is 316 g/mol. The second-order valence-corrected chi connectivity index (χ2v) is 5.78. The zero-order valence-electron chi connectivity index (χ0n) is 12.4. The van der Waals surface area contributed by atoms with Crippen LogP contribution < -0.4 is 10.9 Å². The Morgan fingerprint density at radius 2 is 1.87 bits per heavy atom. The maximum absolute atomic E-state index is 12.4. The Morgan fingerprint density at radius 3 is 2.52 bits per heavy atom. The average Bonchev–Trinajstić information content (AvgIpc) is 3.06. The van der Waals surface area contributed by atoms with E-state index in [1.807, 2.05) is 0 Å². The number of fused-ring (bicyclic) bond motifs is 2. The van der Waals surface area contributed by atoms with Gasteiger partial charge < -0.3 is 9.84 Å². The average molecular weight is 316 g/mol. The predicted molar refractivity (Wildman–Crippen MR) is 79.1 cm³/mol. The fraction of sp³-hybridized carbons (Fsp3) is 0.312. The smallest absolute Gasteiger partial charge is 0.310 e. The molecule has 2 amide bonds. The molecule has 7 nitrogen and oxygen atoms in total. The van der Waals surface area contributed by atoms with Crippen molar-refractivity contribution in [2.24, 2.45) is 11.8 Å². The van der Waals surface area contributed by atoms with Gasteiger partial charge in [0, 0.05) is 5.56 Å². The molecular weight excluding hydrogens is 300 g/mol. The number of hydrazine groups is 1. The second-order valence-electron chi connectivity index (χ2n) is 5.78. The maximum Gasteiger partial charge on any atom is 0.310 e. The first-order valence-corrected chi connectivity index (χ1v) is 7.17. The van der Waals surface area contributed by atoms with Crippen LogP contribution >= 0.6 is 0 Å². The van der Waals surface area contributed by atoms with E-state index in [1.165, 1.54) is 0 Å². The third-order valence-electron chi connectivity index (χ3n) is 4.24. The zero-order chi connectivity index (χ0) is 16.6. The standard InChI is InChI=1S/C16H16N2O5/c1-16-8-7-10(23-16)11(15(21)22)12(16)14(20)18-17-13(19)9-5-3-2-4-6-9/h2-8,10-12H,1H3,(H,17,19)(H,18,20)(H,21,22)/t10-,11+,12-,16+/m1/s1. The topological polar surface area (TPSA) is 105 Å². The van der Waals surface area contributed by atoms with Crippen LogP contribution in [0.5, 0.6) is 0 Å². The minimum absolute atomic E-state index is 0.387. The van der Waals surface area contributed by atoms with E-state index in [-0.39, 0.29) is 0 Å². The number of carboxylic acid groups (broad SMARTS) is 1. The van der Waals surface area contributed by atoms with Crippen molar-refractivity contribution >= 4 is 17.8 Å². The van der Waals surface area contributed by atoms with Gasteiger partial charge in [-0.1, -0.05) is 30.4 Å². The molecule has 2 aliphatic rings. The molecular formula is C16H16N2O5. The van der Waals surface area contributed by atoms with Gasteiger partial charge in [0.2, 0.25) is 5.91 Å². The lowest BCUT2D eigenvalue weighted by molar-refractivity contribution is -0.147. The molecule has 2 aliphatic heterocycles. The van der Waals surface area contributed by atoms with E-state index in [0.717, 1.165) is 0 Å². The number of carbonyl (C=O) groups excluding carboxylic acids is 2. The molecule has 1 fully saturated rings. The van der Waals surface area contributed by atoms with E-state index in [0.29, 0.717) is 5.56 Å². The first kappa shape index (κ1) is 15.2. The number of carbonyl (C=O) groups is 3. The van der Waals surface area contributed by atoms with Crippen LogP contribution in [0, 0.1) is 11.8 Å². The summed E-state index contributed by atoms with van der Waals surface area (Å²) >= 11 is 0. The highest BCUT2D eigenvalue weighted by Gasteiger charge is 2.59. The van der Waals surface area contributed by atoms with Gasteiger partial charge in [0.25, 0.3) is 5.91 Å². The summed E-state index contributed by atoms with van der Waals surface area (Å²) < 4.78 is 5.59. The number of rotatable bonds is 3. The second kappa shape index (κ2) is 5.51. The van der Waals surface area contributed by atoms with Gasteiger partial charge in [0.05, 0.1) is 17.6 Å². The minimum Gasteiger partial charge on any atom is -0.481 e. The van der Waals surface area contributed by atoms with Crippen LogP contribution in [0.25, 0.3) is 0 Å². The molecule has 7 heteroatoms. The number of aliphatic carboxylic acids is 1. The summed E-state index contributed by atoms with van der Waals surface area (Å²) in [5.74, 6) is -4.05. The lowest BCUT2D eigenvalue weighted by Gasteiger charge is -2.27. The Balaban J connectivity index is 1.69. The molecule has 0 unspecified atom stereocenters. The van der Waals surface area contributed by atoms with Gasteiger partial charge >= 0.3 is 5.97 Å². The Morgan fingerprint density at radius 1 is 1.17 bits per heavy atom. The molecule has 23 heavy (non-hydrogen) atoms. The summed E-state index contributed by atoms with van der Waals surface area (Å²) in [4.78, 5) is 35.7. The molecule has 1 aromatic rings. The number of benzene rings is 1. The summed E-state index contributed by atoms with van der Waals surface area (Å²) in [6, 6.07) is 8.38. The molecule has 1 aromatic carbocycles. The number of carboxylic acids is 1. The Bertz CT molecular complexity index is 687. The van der Waals surface area contributed by atoms with Crippen LogP contribution in [0.3, 0.4) is 0 Å². The van der Waals surface area contributed by atoms with Crippen LogP contribution in [-0.4, -0.2) is 34.6 Å². The van der Waals surface area contributed by atoms with Gasteiger partial charge in [-0.05, 0) is 19.1 Å². The third kappa shape index (κ3) is 2.59. The van der Waals surface area contributed by atoms with Crippen LogP contribution in [0.4, 0.5) is 0 Å². The SMILES string of the molecule is C[C@@]12C=C[C@@H](O1)[C@H](C(=O)O)[C@@H]2C(=O)NNC(=O)c1ccccc1. The first-order chi connectivity index (χ1) is 10.9. The van der Waals surface area contributed by atoms with E-state index in [2.05, 4.69) is 10.9 Å². The molecule has 0 radical (unpaired) electrons. The van der Waals surface area contributed by atoms with E-state index >= 15 is 0 Å². The number of amides is 2. The number of hydrogen-bond donors (Lipinski definition) is 3. The van der Waals surface area contributed by atoms with Gasteiger partial charge in [-0.15, -0.1) is 0 Å². The normalized spacial score (nSPS) is 30.9. The summed E-state index contributed by atoms with van der Waals surface area (Å²) in [6.45, 7) is 1.66. The van der Waals surface area contributed by atoms with Crippen LogP contribution in [0.2, 0.25) is 0 Å². The molecule has 0 saturated carbocycles. The molecule has 0 aromatic heterocycles. The molecule has 4 atom stereocenters. The fourth-order valence-electron chi connectivity index (χ4n) is 3.14. The van der Waals surface area contributed by atoms with Crippen molar-refractivity contribution in [2.45, 2.75) is 18.6 Å². The summed E-state index contributed by atoms with van der Waals surface area (Å²) in [5.41, 5.74) is 4.01. The van der Waals surface area contributed by atoms with E-state index in [4.69, 9.17) is 4.74 Å². The van der Waals surface area contributed by atoms with Crippen LogP contribution in [-0.2, 0) is 14.3 Å². The molecule has 120 valence electrons. The maximum atomic E-state index is 12.4. The van der Waals surface area contributed by atoms with Crippen molar-refractivity contribution in [3.8, 4) is 0 Å². The molecule has 3 rings (SSSR count). The lowest BCUT2D eigenvalue weighted by atomic mass is 9.76. The Kier molecular flexibility index (Phi) is 3.65. The number of ether oxygens (including phenoxy) is 1. The molecule has 2 heterocycles. The highest BCUT2D eigenvalue weighted by molar-refractivity contribution is 5.96.